The number of likely N-dealkylation sites (N-methyl/N-ethyl adjacent to an activating group) is 1. The van der Waals surface area contributed by atoms with Gasteiger partial charge in [0.25, 0.3) is 0 Å². The van der Waals surface area contributed by atoms with Gasteiger partial charge >= 0.3 is 0 Å². The van der Waals surface area contributed by atoms with Crippen LogP contribution in [0, 0.1) is 11.3 Å². The largest absolute Gasteiger partial charge is 0.344 e. The first-order valence-corrected chi connectivity index (χ1v) is 5.87. The number of amides is 1. The standard InChI is InChI=1S/C14H18N2O/c1-3-13(12-8-5-4-6-9-12)14(17)16(2)11-7-10-15/h4-6,8-9,13H,3,7,11H2,1-2H3. The van der Waals surface area contributed by atoms with E-state index < -0.39 is 0 Å². The molecule has 0 aromatic heterocycles. The summed E-state index contributed by atoms with van der Waals surface area (Å²) in [5.41, 5.74) is 1.05. The topological polar surface area (TPSA) is 44.1 Å². The van der Waals surface area contributed by atoms with Crippen molar-refractivity contribution in [3.8, 4) is 6.07 Å². The first kappa shape index (κ1) is 13.2. The van der Waals surface area contributed by atoms with Gasteiger partial charge in [-0.1, -0.05) is 37.3 Å². The Morgan fingerprint density at radius 1 is 1.41 bits per heavy atom. The number of benzene rings is 1. The summed E-state index contributed by atoms with van der Waals surface area (Å²) in [5, 5.41) is 8.52. The lowest BCUT2D eigenvalue weighted by molar-refractivity contribution is -0.131. The Bertz CT molecular complexity index is 394. The van der Waals surface area contributed by atoms with Crippen molar-refractivity contribution in [1.82, 2.24) is 4.90 Å². The molecule has 1 amide bonds. The van der Waals surface area contributed by atoms with Gasteiger partial charge in [0.15, 0.2) is 0 Å². The highest BCUT2D eigenvalue weighted by Crippen LogP contribution is 2.21. The smallest absolute Gasteiger partial charge is 0.229 e. The minimum atomic E-state index is -0.0973. The molecule has 0 heterocycles. The van der Waals surface area contributed by atoms with Gasteiger partial charge in [-0.25, -0.2) is 0 Å². The molecule has 3 heteroatoms. The van der Waals surface area contributed by atoms with E-state index in [0.29, 0.717) is 13.0 Å². The van der Waals surface area contributed by atoms with Gasteiger partial charge in [0.1, 0.15) is 0 Å². The molecule has 0 saturated carbocycles. The molecule has 1 rings (SSSR count). The molecule has 1 aromatic rings. The lowest BCUT2D eigenvalue weighted by Gasteiger charge is -2.22. The van der Waals surface area contributed by atoms with Crippen LogP contribution in [-0.4, -0.2) is 24.4 Å². The molecule has 1 aromatic carbocycles. The van der Waals surface area contributed by atoms with Gasteiger partial charge in [0.05, 0.1) is 18.4 Å². The third-order valence-corrected chi connectivity index (χ3v) is 2.84. The highest BCUT2D eigenvalue weighted by molar-refractivity contribution is 5.83. The predicted octanol–water partition coefficient (Wildman–Crippen LogP) is 2.55. The van der Waals surface area contributed by atoms with E-state index in [1.807, 2.05) is 37.3 Å². The molecular weight excluding hydrogens is 212 g/mol. The average Bonchev–Trinajstić information content (AvgIpc) is 2.38. The molecule has 90 valence electrons. The summed E-state index contributed by atoms with van der Waals surface area (Å²) in [4.78, 5) is 13.8. The van der Waals surface area contributed by atoms with Crippen molar-refractivity contribution < 1.29 is 4.79 Å². The monoisotopic (exact) mass is 230 g/mol. The minimum Gasteiger partial charge on any atom is -0.344 e. The number of nitrogens with zero attached hydrogens (tertiary/aromatic N) is 2. The molecule has 0 spiro atoms. The summed E-state index contributed by atoms with van der Waals surface area (Å²) in [7, 11) is 1.76. The van der Waals surface area contributed by atoms with Gasteiger partial charge in [-0.15, -0.1) is 0 Å². The van der Waals surface area contributed by atoms with Crippen LogP contribution < -0.4 is 0 Å². The summed E-state index contributed by atoms with van der Waals surface area (Å²) >= 11 is 0. The zero-order chi connectivity index (χ0) is 12.7. The van der Waals surface area contributed by atoms with E-state index >= 15 is 0 Å². The van der Waals surface area contributed by atoms with E-state index in [1.165, 1.54) is 0 Å². The number of carbonyl (C=O) groups is 1. The van der Waals surface area contributed by atoms with Crippen molar-refractivity contribution in [2.24, 2.45) is 0 Å². The van der Waals surface area contributed by atoms with Crippen LogP contribution in [0.2, 0.25) is 0 Å². The van der Waals surface area contributed by atoms with E-state index in [4.69, 9.17) is 5.26 Å². The lowest BCUT2D eigenvalue weighted by atomic mass is 9.95. The van der Waals surface area contributed by atoms with Crippen LogP contribution >= 0.6 is 0 Å². The fourth-order valence-corrected chi connectivity index (χ4v) is 1.83. The maximum atomic E-state index is 12.2. The number of hydrogen-bond donors (Lipinski definition) is 0. The molecule has 0 radical (unpaired) electrons. The first-order valence-electron chi connectivity index (χ1n) is 5.87. The van der Waals surface area contributed by atoms with Crippen LogP contribution in [0.3, 0.4) is 0 Å². The first-order chi connectivity index (χ1) is 8.20. The molecule has 0 aliphatic heterocycles. The van der Waals surface area contributed by atoms with Crippen LogP contribution in [0.15, 0.2) is 30.3 Å². The number of nitriles is 1. The second-order valence-electron chi connectivity index (χ2n) is 4.04. The normalized spacial score (nSPS) is 11.6. The third-order valence-electron chi connectivity index (χ3n) is 2.84. The summed E-state index contributed by atoms with van der Waals surface area (Å²) < 4.78 is 0. The van der Waals surface area contributed by atoms with Crippen LogP contribution in [0.4, 0.5) is 0 Å². The fourth-order valence-electron chi connectivity index (χ4n) is 1.83. The SMILES string of the molecule is CCC(C(=O)N(C)CCC#N)c1ccccc1. The number of rotatable bonds is 5. The fraction of sp³-hybridized carbons (Fsp3) is 0.429. The van der Waals surface area contributed by atoms with Crippen molar-refractivity contribution in [2.75, 3.05) is 13.6 Å². The number of hydrogen-bond acceptors (Lipinski definition) is 2. The van der Waals surface area contributed by atoms with Crippen LogP contribution in [0.5, 0.6) is 0 Å². The summed E-state index contributed by atoms with van der Waals surface area (Å²) in [6, 6.07) is 11.8. The molecular formula is C14H18N2O. The van der Waals surface area contributed by atoms with Gasteiger partial charge in [-0.2, -0.15) is 5.26 Å². The Kier molecular flexibility index (Phi) is 5.22. The minimum absolute atomic E-state index is 0.0916. The zero-order valence-corrected chi connectivity index (χ0v) is 10.4. The molecule has 0 bridgehead atoms. The summed E-state index contributed by atoms with van der Waals surface area (Å²) in [6.07, 6.45) is 1.16. The second kappa shape index (κ2) is 6.70. The van der Waals surface area contributed by atoms with Gasteiger partial charge in [-0.05, 0) is 12.0 Å². The van der Waals surface area contributed by atoms with Gasteiger partial charge in [0, 0.05) is 13.6 Å². The summed E-state index contributed by atoms with van der Waals surface area (Å²) in [5.74, 6) is -0.00570. The predicted molar refractivity (Wildman–Crippen MR) is 67.3 cm³/mol. The maximum Gasteiger partial charge on any atom is 0.229 e. The molecule has 17 heavy (non-hydrogen) atoms. The molecule has 0 saturated heterocycles. The van der Waals surface area contributed by atoms with Crippen LogP contribution in [-0.2, 0) is 4.79 Å². The average molecular weight is 230 g/mol. The highest BCUT2D eigenvalue weighted by Gasteiger charge is 2.21. The van der Waals surface area contributed by atoms with Crippen molar-refractivity contribution in [3.05, 3.63) is 35.9 Å². The Labute approximate surface area is 103 Å². The van der Waals surface area contributed by atoms with Gasteiger partial charge in [-0.3, -0.25) is 4.79 Å². The van der Waals surface area contributed by atoms with Crippen LogP contribution in [0.25, 0.3) is 0 Å². The Morgan fingerprint density at radius 3 is 2.59 bits per heavy atom. The van der Waals surface area contributed by atoms with Crippen molar-refractivity contribution in [2.45, 2.75) is 25.7 Å². The van der Waals surface area contributed by atoms with Gasteiger partial charge < -0.3 is 4.90 Å². The Hall–Kier alpha value is -1.82. The Morgan fingerprint density at radius 2 is 2.06 bits per heavy atom. The van der Waals surface area contributed by atoms with Gasteiger partial charge in [0.2, 0.25) is 5.91 Å². The summed E-state index contributed by atoms with van der Waals surface area (Å²) in [6.45, 7) is 2.51. The Balaban J connectivity index is 2.75. The molecule has 0 aliphatic rings. The zero-order valence-electron chi connectivity index (χ0n) is 10.4. The van der Waals surface area contributed by atoms with Crippen LogP contribution in [0.1, 0.15) is 31.2 Å². The van der Waals surface area contributed by atoms with E-state index in [0.717, 1.165) is 12.0 Å². The second-order valence-corrected chi connectivity index (χ2v) is 4.04. The molecule has 0 fully saturated rings. The number of carbonyl (C=O) groups excluding carboxylic acids is 1. The van der Waals surface area contributed by atoms with E-state index in [-0.39, 0.29) is 11.8 Å². The quantitative estimate of drug-likeness (QED) is 0.780. The van der Waals surface area contributed by atoms with E-state index in [9.17, 15) is 4.79 Å². The molecule has 0 N–H and O–H groups in total. The molecule has 0 aliphatic carbocycles. The third kappa shape index (κ3) is 3.60. The molecule has 1 unspecified atom stereocenters. The van der Waals surface area contributed by atoms with Crippen molar-refractivity contribution in [3.63, 3.8) is 0 Å². The molecule has 3 nitrogen and oxygen atoms in total. The van der Waals surface area contributed by atoms with Crippen molar-refractivity contribution >= 4 is 5.91 Å². The molecule has 1 atom stereocenters. The van der Waals surface area contributed by atoms with E-state index in [2.05, 4.69) is 6.07 Å². The van der Waals surface area contributed by atoms with E-state index in [1.54, 1.807) is 11.9 Å². The van der Waals surface area contributed by atoms with Crippen molar-refractivity contribution in [1.29, 1.82) is 5.26 Å². The maximum absolute atomic E-state index is 12.2. The highest BCUT2D eigenvalue weighted by atomic mass is 16.2. The lowest BCUT2D eigenvalue weighted by Crippen LogP contribution is -2.32.